The summed E-state index contributed by atoms with van der Waals surface area (Å²) in [4.78, 5) is 26.4. The number of carbonyl (C=O) groups excluding carboxylic acids is 1. The summed E-state index contributed by atoms with van der Waals surface area (Å²) in [7, 11) is -3.98. The van der Waals surface area contributed by atoms with Gasteiger partial charge in [0, 0.05) is 11.5 Å². The third kappa shape index (κ3) is 4.21. The molecule has 3 rings (SSSR count). The van der Waals surface area contributed by atoms with E-state index in [1.54, 1.807) is 30.3 Å². The summed E-state index contributed by atoms with van der Waals surface area (Å²) < 4.78 is 35.0. The predicted octanol–water partition coefficient (Wildman–Crippen LogP) is 2.12. The minimum Gasteiger partial charge on any atom is -0.494 e. The Morgan fingerprint density at radius 3 is 2.50 bits per heavy atom. The fraction of sp³-hybridized carbons (Fsp3) is 0.158. The number of aryl methyl sites for hydroxylation is 1. The normalized spacial score (nSPS) is 11.4. The number of sulfonamides is 1. The second-order valence-corrected chi connectivity index (χ2v) is 7.64. The van der Waals surface area contributed by atoms with Crippen molar-refractivity contribution < 1.29 is 22.4 Å². The topological polar surface area (TPSA) is 115 Å². The molecule has 8 nitrogen and oxygen atoms in total. The summed E-state index contributed by atoms with van der Waals surface area (Å²) in [6.07, 6.45) is 0. The van der Waals surface area contributed by atoms with Gasteiger partial charge in [-0.1, -0.05) is 17.7 Å². The molecular formula is C19H18N2O6S. The molecule has 2 aromatic carbocycles. The maximum atomic E-state index is 12.3. The molecule has 2 N–H and O–H groups in total. The van der Waals surface area contributed by atoms with Gasteiger partial charge in [-0.3, -0.25) is 10.2 Å². The van der Waals surface area contributed by atoms with Crippen molar-refractivity contribution in [3.8, 4) is 5.75 Å². The minimum atomic E-state index is -3.98. The van der Waals surface area contributed by atoms with E-state index in [-0.39, 0.29) is 16.0 Å². The van der Waals surface area contributed by atoms with E-state index >= 15 is 0 Å². The third-order valence-electron chi connectivity index (χ3n) is 3.89. The van der Waals surface area contributed by atoms with Crippen molar-refractivity contribution in [2.75, 3.05) is 6.61 Å². The molecule has 0 aliphatic rings. The highest BCUT2D eigenvalue weighted by Crippen LogP contribution is 2.20. The van der Waals surface area contributed by atoms with Crippen LogP contribution in [0.15, 0.2) is 62.6 Å². The van der Waals surface area contributed by atoms with Crippen LogP contribution >= 0.6 is 0 Å². The van der Waals surface area contributed by atoms with Crippen LogP contribution < -0.4 is 20.6 Å². The van der Waals surface area contributed by atoms with E-state index in [0.29, 0.717) is 17.7 Å². The Bertz CT molecular complexity index is 1180. The zero-order chi connectivity index (χ0) is 20.3. The number of nitrogens with one attached hydrogen (secondary N) is 2. The second kappa shape index (κ2) is 7.83. The fourth-order valence-corrected chi connectivity index (χ4v) is 3.30. The van der Waals surface area contributed by atoms with Crippen LogP contribution in [-0.4, -0.2) is 20.9 Å². The largest absolute Gasteiger partial charge is 0.494 e. The lowest BCUT2D eigenvalue weighted by Gasteiger charge is -2.09. The van der Waals surface area contributed by atoms with Gasteiger partial charge >= 0.3 is 5.63 Å². The molecule has 0 fully saturated rings. The van der Waals surface area contributed by atoms with Crippen molar-refractivity contribution in [2.45, 2.75) is 18.7 Å². The lowest BCUT2D eigenvalue weighted by Crippen LogP contribution is -2.42. The Labute approximate surface area is 161 Å². The van der Waals surface area contributed by atoms with Gasteiger partial charge < -0.3 is 9.15 Å². The number of hydrogen-bond donors (Lipinski definition) is 2. The first-order valence-corrected chi connectivity index (χ1v) is 9.88. The van der Waals surface area contributed by atoms with Crippen LogP contribution in [0.2, 0.25) is 0 Å². The molecule has 1 amide bonds. The predicted molar refractivity (Wildman–Crippen MR) is 103 cm³/mol. The number of ether oxygens (including phenoxy) is 1. The highest BCUT2D eigenvalue weighted by atomic mass is 32.2. The number of rotatable bonds is 6. The molecule has 0 aliphatic carbocycles. The van der Waals surface area contributed by atoms with Gasteiger partial charge in [0.2, 0.25) is 0 Å². The van der Waals surface area contributed by atoms with Gasteiger partial charge in [-0.15, -0.1) is 4.83 Å². The maximum Gasteiger partial charge on any atom is 0.349 e. The fourth-order valence-electron chi connectivity index (χ4n) is 2.46. The van der Waals surface area contributed by atoms with E-state index < -0.39 is 21.6 Å². The number of carbonyl (C=O) groups is 1. The van der Waals surface area contributed by atoms with Gasteiger partial charge in [0.1, 0.15) is 16.9 Å². The number of benzene rings is 2. The van der Waals surface area contributed by atoms with Crippen molar-refractivity contribution in [1.82, 2.24) is 10.3 Å². The van der Waals surface area contributed by atoms with E-state index in [1.165, 1.54) is 18.2 Å². The highest BCUT2D eigenvalue weighted by Gasteiger charge is 2.18. The zero-order valence-electron chi connectivity index (χ0n) is 15.2. The van der Waals surface area contributed by atoms with Gasteiger partial charge in [0.25, 0.3) is 15.9 Å². The number of hydrazine groups is 1. The lowest BCUT2D eigenvalue weighted by atomic mass is 10.1. The summed E-state index contributed by atoms with van der Waals surface area (Å²) in [5, 5.41) is 0.495. The standard InChI is InChI=1S/C19H18N2O6S/c1-3-26-14-7-6-13-10-16(19(23)27-17(13)11-14)18(22)20-21-28(24,25)15-8-4-12(2)5-9-15/h4-11,21H,3H2,1-2H3,(H,20,22). The van der Waals surface area contributed by atoms with Crippen LogP contribution in [0.25, 0.3) is 11.0 Å². The van der Waals surface area contributed by atoms with Crippen molar-refractivity contribution in [1.29, 1.82) is 0 Å². The van der Waals surface area contributed by atoms with Crippen molar-refractivity contribution in [3.05, 3.63) is 70.1 Å². The van der Waals surface area contributed by atoms with Crippen molar-refractivity contribution in [3.63, 3.8) is 0 Å². The van der Waals surface area contributed by atoms with Crippen LogP contribution in [0.5, 0.6) is 5.75 Å². The molecule has 0 bridgehead atoms. The summed E-state index contributed by atoms with van der Waals surface area (Å²) in [6, 6.07) is 12.3. The molecule has 28 heavy (non-hydrogen) atoms. The van der Waals surface area contributed by atoms with Crippen molar-refractivity contribution >= 4 is 26.9 Å². The second-order valence-electron chi connectivity index (χ2n) is 5.95. The Hall–Kier alpha value is -3.17. The van der Waals surface area contributed by atoms with Crippen LogP contribution in [0, 0.1) is 6.92 Å². The zero-order valence-corrected chi connectivity index (χ0v) is 16.0. The minimum absolute atomic E-state index is 0.0209. The molecule has 0 atom stereocenters. The molecule has 146 valence electrons. The van der Waals surface area contributed by atoms with Crippen molar-refractivity contribution in [2.24, 2.45) is 0 Å². The lowest BCUT2D eigenvalue weighted by molar-refractivity contribution is 0.0941. The average Bonchev–Trinajstić information content (AvgIpc) is 2.66. The van der Waals surface area contributed by atoms with Crippen LogP contribution in [-0.2, 0) is 10.0 Å². The smallest absolute Gasteiger partial charge is 0.349 e. The number of amides is 1. The molecule has 0 radical (unpaired) electrons. The molecule has 0 saturated carbocycles. The molecule has 9 heteroatoms. The molecule has 0 saturated heterocycles. The third-order valence-corrected chi connectivity index (χ3v) is 5.16. The summed E-state index contributed by atoms with van der Waals surface area (Å²) in [5.74, 6) is -0.401. The van der Waals surface area contributed by atoms with Crippen LogP contribution in [0.4, 0.5) is 0 Å². The first kappa shape index (κ1) is 19.6. The first-order chi connectivity index (χ1) is 13.3. The van der Waals surface area contributed by atoms with E-state index in [4.69, 9.17) is 9.15 Å². The van der Waals surface area contributed by atoms with E-state index in [2.05, 4.69) is 0 Å². The molecular weight excluding hydrogens is 384 g/mol. The van der Waals surface area contributed by atoms with E-state index in [0.717, 1.165) is 5.56 Å². The Kier molecular flexibility index (Phi) is 5.48. The Balaban J connectivity index is 1.81. The van der Waals surface area contributed by atoms with Gasteiger partial charge in [-0.05, 0) is 44.2 Å². The monoisotopic (exact) mass is 402 g/mol. The summed E-state index contributed by atoms with van der Waals surface area (Å²) in [6.45, 7) is 4.10. The van der Waals surface area contributed by atoms with Gasteiger partial charge in [-0.2, -0.15) is 0 Å². The first-order valence-electron chi connectivity index (χ1n) is 8.39. The van der Waals surface area contributed by atoms with Gasteiger partial charge in [-0.25, -0.2) is 13.2 Å². The quantitative estimate of drug-likeness (QED) is 0.482. The number of fused-ring (bicyclic) bond motifs is 1. The summed E-state index contributed by atoms with van der Waals surface area (Å²) in [5.41, 5.74) is 1.95. The molecule has 0 spiro atoms. The van der Waals surface area contributed by atoms with Crippen LogP contribution in [0.1, 0.15) is 22.8 Å². The molecule has 3 aromatic rings. The SMILES string of the molecule is CCOc1ccc2cc(C(=O)NNS(=O)(=O)c3ccc(C)cc3)c(=O)oc2c1. The van der Waals surface area contributed by atoms with Crippen LogP contribution in [0.3, 0.4) is 0 Å². The maximum absolute atomic E-state index is 12.3. The molecule has 1 aromatic heterocycles. The molecule has 1 heterocycles. The van der Waals surface area contributed by atoms with E-state index in [1.807, 2.05) is 24.1 Å². The Morgan fingerprint density at radius 2 is 1.82 bits per heavy atom. The van der Waals surface area contributed by atoms with Gasteiger partial charge in [0.15, 0.2) is 0 Å². The summed E-state index contributed by atoms with van der Waals surface area (Å²) >= 11 is 0. The van der Waals surface area contributed by atoms with E-state index in [9.17, 15) is 18.0 Å². The molecule has 0 unspecified atom stereocenters. The number of hydrogen-bond acceptors (Lipinski definition) is 6. The average molecular weight is 402 g/mol. The van der Waals surface area contributed by atoms with Gasteiger partial charge in [0.05, 0.1) is 11.5 Å². The Morgan fingerprint density at radius 1 is 1.11 bits per heavy atom. The highest BCUT2D eigenvalue weighted by molar-refractivity contribution is 7.89. The molecule has 0 aliphatic heterocycles.